The van der Waals surface area contributed by atoms with Crippen molar-refractivity contribution < 1.29 is 14.6 Å². The molecule has 5 heteroatoms. The maximum Gasteiger partial charge on any atom is 0.119 e. The molecule has 3 unspecified atom stereocenters. The molecule has 0 spiro atoms. The minimum Gasteiger partial charge on any atom is -0.491 e. The SMILES string of the molecule is CC1CN(CC(O)COc2ccc3c(c2)CCC3)CC(C)O1.Cl. The number of fused-ring (bicyclic) bond motifs is 1. The average molecular weight is 342 g/mol. The van der Waals surface area contributed by atoms with Crippen LogP contribution in [-0.2, 0) is 17.6 Å². The Balaban J connectivity index is 0.00000192. The van der Waals surface area contributed by atoms with Crippen molar-refractivity contribution in [1.82, 2.24) is 4.90 Å². The van der Waals surface area contributed by atoms with E-state index in [0.717, 1.165) is 25.3 Å². The molecule has 1 N–H and O–H groups in total. The Morgan fingerprint density at radius 2 is 1.91 bits per heavy atom. The first-order valence-electron chi connectivity index (χ1n) is 8.40. The van der Waals surface area contributed by atoms with Crippen LogP contribution in [0.15, 0.2) is 18.2 Å². The summed E-state index contributed by atoms with van der Waals surface area (Å²) in [6.45, 7) is 6.90. The first-order valence-corrected chi connectivity index (χ1v) is 8.40. The highest BCUT2D eigenvalue weighted by atomic mass is 35.5. The number of aliphatic hydroxyl groups is 1. The van der Waals surface area contributed by atoms with Crippen molar-refractivity contribution >= 4 is 12.4 Å². The second kappa shape index (κ2) is 8.34. The molecule has 0 aromatic heterocycles. The van der Waals surface area contributed by atoms with Gasteiger partial charge in [-0.25, -0.2) is 0 Å². The predicted molar refractivity (Wildman–Crippen MR) is 93.7 cm³/mol. The normalized spacial score (nSPS) is 25.5. The van der Waals surface area contributed by atoms with Crippen molar-refractivity contribution in [1.29, 1.82) is 0 Å². The highest BCUT2D eigenvalue weighted by Gasteiger charge is 2.24. The van der Waals surface area contributed by atoms with Gasteiger partial charge in [-0.05, 0) is 56.4 Å². The van der Waals surface area contributed by atoms with Gasteiger partial charge in [0.2, 0.25) is 0 Å². The summed E-state index contributed by atoms with van der Waals surface area (Å²) < 4.78 is 11.5. The largest absolute Gasteiger partial charge is 0.491 e. The molecule has 0 bridgehead atoms. The summed E-state index contributed by atoms with van der Waals surface area (Å²) in [5, 5.41) is 10.2. The number of morpholine rings is 1. The van der Waals surface area contributed by atoms with E-state index in [4.69, 9.17) is 9.47 Å². The van der Waals surface area contributed by atoms with Gasteiger partial charge in [0.1, 0.15) is 18.5 Å². The second-order valence-corrected chi connectivity index (χ2v) is 6.72. The van der Waals surface area contributed by atoms with Crippen molar-refractivity contribution in [3.63, 3.8) is 0 Å². The number of rotatable bonds is 5. The van der Waals surface area contributed by atoms with Crippen LogP contribution in [-0.4, -0.2) is 54.6 Å². The molecule has 23 heavy (non-hydrogen) atoms. The summed E-state index contributed by atoms with van der Waals surface area (Å²) in [6, 6.07) is 6.32. The van der Waals surface area contributed by atoms with Crippen LogP contribution in [0.1, 0.15) is 31.4 Å². The first kappa shape index (κ1) is 18.5. The lowest BCUT2D eigenvalue weighted by Gasteiger charge is -2.36. The topological polar surface area (TPSA) is 41.9 Å². The van der Waals surface area contributed by atoms with E-state index in [1.165, 1.54) is 24.0 Å². The standard InChI is InChI=1S/C18H27NO3.ClH/c1-13-9-19(10-14(2)22-13)11-17(20)12-21-18-7-6-15-4-3-5-16(15)8-18;/h6-8,13-14,17,20H,3-5,9-12H2,1-2H3;1H. The van der Waals surface area contributed by atoms with Gasteiger partial charge in [-0.15, -0.1) is 12.4 Å². The number of ether oxygens (including phenoxy) is 2. The number of nitrogens with zero attached hydrogens (tertiary/aromatic N) is 1. The fourth-order valence-electron chi connectivity index (χ4n) is 3.61. The molecule has 1 fully saturated rings. The van der Waals surface area contributed by atoms with Gasteiger partial charge in [0.05, 0.1) is 12.2 Å². The van der Waals surface area contributed by atoms with E-state index in [2.05, 4.69) is 30.9 Å². The van der Waals surface area contributed by atoms with Gasteiger partial charge in [0.25, 0.3) is 0 Å². The van der Waals surface area contributed by atoms with E-state index in [1.807, 2.05) is 6.07 Å². The average Bonchev–Trinajstić information content (AvgIpc) is 2.91. The number of hydrogen-bond acceptors (Lipinski definition) is 4. The van der Waals surface area contributed by atoms with Gasteiger partial charge in [-0.1, -0.05) is 6.07 Å². The Morgan fingerprint density at radius 3 is 2.65 bits per heavy atom. The lowest BCUT2D eigenvalue weighted by Crippen LogP contribution is -2.48. The zero-order chi connectivity index (χ0) is 15.5. The number of aryl methyl sites for hydroxylation is 2. The molecule has 3 rings (SSSR count). The van der Waals surface area contributed by atoms with Gasteiger partial charge in [0.15, 0.2) is 0 Å². The highest BCUT2D eigenvalue weighted by Crippen LogP contribution is 2.26. The first-order chi connectivity index (χ1) is 10.6. The van der Waals surface area contributed by atoms with Crippen molar-refractivity contribution in [3.05, 3.63) is 29.3 Å². The van der Waals surface area contributed by atoms with E-state index >= 15 is 0 Å². The van der Waals surface area contributed by atoms with Crippen LogP contribution in [0.3, 0.4) is 0 Å². The monoisotopic (exact) mass is 341 g/mol. The van der Waals surface area contributed by atoms with E-state index in [-0.39, 0.29) is 24.6 Å². The maximum absolute atomic E-state index is 10.2. The smallest absolute Gasteiger partial charge is 0.119 e. The van der Waals surface area contributed by atoms with Crippen LogP contribution >= 0.6 is 12.4 Å². The zero-order valence-corrected chi connectivity index (χ0v) is 14.8. The van der Waals surface area contributed by atoms with Crippen molar-refractivity contribution in [2.45, 2.75) is 51.4 Å². The van der Waals surface area contributed by atoms with Crippen LogP contribution < -0.4 is 4.74 Å². The van der Waals surface area contributed by atoms with Gasteiger partial charge in [-0.2, -0.15) is 0 Å². The molecule has 2 aliphatic rings. The molecule has 1 aromatic carbocycles. The van der Waals surface area contributed by atoms with Crippen molar-refractivity contribution in [2.75, 3.05) is 26.2 Å². The molecule has 1 aliphatic carbocycles. The minimum atomic E-state index is -0.467. The van der Waals surface area contributed by atoms with Gasteiger partial charge in [-0.3, -0.25) is 4.90 Å². The molecule has 1 heterocycles. The molecular weight excluding hydrogens is 314 g/mol. The fraction of sp³-hybridized carbons (Fsp3) is 0.667. The Kier molecular flexibility index (Phi) is 6.72. The fourth-order valence-corrected chi connectivity index (χ4v) is 3.61. The third-order valence-corrected chi connectivity index (χ3v) is 4.48. The van der Waals surface area contributed by atoms with Gasteiger partial charge >= 0.3 is 0 Å². The van der Waals surface area contributed by atoms with Crippen molar-refractivity contribution in [2.24, 2.45) is 0 Å². The van der Waals surface area contributed by atoms with Crippen molar-refractivity contribution in [3.8, 4) is 5.75 Å². The Hall–Kier alpha value is -0.810. The maximum atomic E-state index is 10.2. The third-order valence-electron chi connectivity index (χ3n) is 4.48. The number of aliphatic hydroxyl groups excluding tert-OH is 1. The summed E-state index contributed by atoms with van der Waals surface area (Å²) in [6.07, 6.45) is 3.58. The number of halogens is 1. The molecule has 0 saturated carbocycles. The quantitative estimate of drug-likeness (QED) is 0.893. The Bertz CT molecular complexity index is 501. The number of hydrogen-bond donors (Lipinski definition) is 1. The van der Waals surface area contributed by atoms with Crippen LogP contribution in [0.4, 0.5) is 0 Å². The van der Waals surface area contributed by atoms with E-state index < -0.39 is 6.10 Å². The number of benzene rings is 1. The van der Waals surface area contributed by atoms with E-state index in [0.29, 0.717) is 13.2 Å². The third kappa shape index (κ3) is 5.08. The molecule has 3 atom stereocenters. The lowest BCUT2D eigenvalue weighted by atomic mass is 10.1. The lowest BCUT2D eigenvalue weighted by molar-refractivity contribution is -0.0786. The Labute approximate surface area is 145 Å². The van der Waals surface area contributed by atoms with Gasteiger partial charge in [0, 0.05) is 19.6 Å². The summed E-state index contributed by atoms with van der Waals surface area (Å²) >= 11 is 0. The van der Waals surface area contributed by atoms with Gasteiger partial charge < -0.3 is 14.6 Å². The number of β-amino-alcohol motifs (C(OH)–C–C–N with tert-alkyl or cyclic N) is 1. The molecule has 1 saturated heterocycles. The molecule has 130 valence electrons. The zero-order valence-electron chi connectivity index (χ0n) is 14.0. The predicted octanol–water partition coefficient (Wildman–Crippen LogP) is 2.45. The molecular formula is C18H28ClNO3. The molecule has 4 nitrogen and oxygen atoms in total. The summed E-state index contributed by atoms with van der Waals surface area (Å²) in [4.78, 5) is 2.26. The minimum absolute atomic E-state index is 0. The van der Waals surface area contributed by atoms with E-state index in [9.17, 15) is 5.11 Å². The second-order valence-electron chi connectivity index (χ2n) is 6.72. The summed E-state index contributed by atoms with van der Waals surface area (Å²) in [5.74, 6) is 0.878. The van der Waals surface area contributed by atoms with Crippen LogP contribution in [0.2, 0.25) is 0 Å². The molecule has 1 aromatic rings. The van der Waals surface area contributed by atoms with Crippen LogP contribution in [0, 0.1) is 0 Å². The Morgan fingerprint density at radius 1 is 1.22 bits per heavy atom. The molecule has 0 radical (unpaired) electrons. The summed E-state index contributed by atoms with van der Waals surface area (Å²) in [7, 11) is 0. The van der Waals surface area contributed by atoms with Crippen LogP contribution in [0.25, 0.3) is 0 Å². The van der Waals surface area contributed by atoms with Crippen LogP contribution in [0.5, 0.6) is 5.75 Å². The highest BCUT2D eigenvalue weighted by molar-refractivity contribution is 5.85. The molecule has 1 aliphatic heterocycles. The summed E-state index contributed by atoms with van der Waals surface area (Å²) in [5.41, 5.74) is 2.85. The molecule has 0 amide bonds. The van der Waals surface area contributed by atoms with E-state index in [1.54, 1.807) is 0 Å².